The number of carboxylic acid groups (broad SMARTS) is 2. The van der Waals surface area contributed by atoms with Crippen LogP contribution in [0.15, 0.2) is 48.6 Å². The number of hydrogen-bond acceptors (Lipinski definition) is 13. The summed E-state index contributed by atoms with van der Waals surface area (Å²) in [6.07, 6.45) is -3.92. The molecule has 2 aromatic rings. The Labute approximate surface area is 248 Å². The maximum absolute atomic E-state index is 12.7. The van der Waals surface area contributed by atoms with Gasteiger partial charge < -0.3 is 50.0 Å². The molecule has 2 aromatic carbocycles. The van der Waals surface area contributed by atoms with Gasteiger partial charge in [-0.05, 0) is 47.5 Å². The Morgan fingerprint density at radius 1 is 0.705 bits per heavy atom. The van der Waals surface area contributed by atoms with Crippen LogP contribution in [0.4, 0.5) is 0 Å². The first-order chi connectivity index (χ1) is 20.7. The van der Waals surface area contributed by atoms with Crippen molar-refractivity contribution < 1.29 is 73.9 Å². The summed E-state index contributed by atoms with van der Waals surface area (Å²) >= 11 is 0. The van der Waals surface area contributed by atoms with Crippen molar-refractivity contribution in [1.82, 2.24) is 0 Å². The van der Waals surface area contributed by atoms with Crippen molar-refractivity contribution in [2.24, 2.45) is 0 Å². The summed E-state index contributed by atoms with van der Waals surface area (Å²) in [6, 6.07) is 7.24. The third-order valence-electron chi connectivity index (χ3n) is 6.38. The Kier molecular flexibility index (Phi) is 10.5. The van der Waals surface area contributed by atoms with E-state index < -0.39 is 102 Å². The fraction of sp³-hybridized carbons (Fsp3) is 0.276. The van der Waals surface area contributed by atoms with Gasteiger partial charge in [0.05, 0.1) is 12.8 Å². The lowest BCUT2D eigenvalue weighted by atomic mass is 9.79. The van der Waals surface area contributed by atoms with Crippen molar-refractivity contribution in [1.29, 1.82) is 0 Å². The molecule has 15 heteroatoms. The van der Waals surface area contributed by atoms with Crippen LogP contribution in [0.5, 0.6) is 23.0 Å². The van der Waals surface area contributed by atoms with Crippen molar-refractivity contribution in [3.05, 3.63) is 59.7 Å². The number of aromatic hydroxyl groups is 4. The van der Waals surface area contributed by atoms with Gasteiger partial charge in [-0.3, -0.25) is 9.59 Å². The Morgan fingerprint density at radius 2 is 1.16 bits per heavy atom. The predicted octanol–water partition coefficient (Wildman–Crippen LogP) is 1.45. The Hall–Kier alpha value is -5.57. The van der Waals surface area contributed by atoms with Crippen molar-refractivity contribution in [2.45, 2.75) is 49.6 Å². The molecule has 0 spiro atoms. The van der Waals surface area contributed by atoms with E-state index in [-0.39, 0.29) is 11.1 Å². The lowest BCUT2D eigenvalue weighted by Crippen LogP contribution is -2.59. The van der Waals surface area contributed by atoms with Crippen molar-refractivity contribution in [3.63, 3.8) is 0 Å². The highest BCUT2D eigenvalue weighted by molar-refractivity contribution is 5.88. The first-order valence-corrected chi connectivity index (χ1v) is 12.9. The van der Waals surface area contributed by atoms with Crippen LogP contribution in [0.1, 0.15) is 36.8 Å². The van der Waals surface area contributed by atoms with Gasteiger partial charge in [-0.2, -0.15) is 0 Å². The molecule has 0 radical (unpaired) electrons. The lowest BCUT2D eigenvalue weighted by Gasteiger charge is -2.42. The van der Waals surface area contributed by atoms with Crippen LogP contribution in [-0.4, -0.2) is 89.5 Å². The van der Waals surface area contributed by atoms with Crippen molar-refractivity contribution >= 4 is 42.0 Å². The molecule has 0 heterocycles. The molecular weight excluding hydrogens is 588 g/mol. The minimum Gasteiger partial charge on any atom is -0.504 e. The van der Waals surface area contributed by atoms with Crippen LogP contribution in [0.2, 0.25) is 0 Å². The van der Waals surface area contributed by atoms with E-state index in [9.17, 15) is 54.6 Å². The smallest absolute Gasteiger partial charge is 0.335 e. The SMILES string of the molecule is O=C(O)CCC(=O)OC1[C@H](OC(=O)/C=C/c2ccc(O)c(O)c2)CC(O)(C(=O)O)C[C@H]1OC(=O)/C=C/c1ccc(O)c(O)c1. The number of hydrogen-bond donors (Lipinski definition) is 7. The summed E-state index contributed by atoms with van der Waals surface area (Å²) < 4.78 is 15.9. The van der Waals surface area contributed by atoms with Crippen LogP contribution < -0.4 is 0 Å². The van der Waals surface area contributed by atoms with Crippen LogP contribution in [0.25, 0.3) is 12.2 Å². The van der Waals surface area contributed by atoms with E-state index in [1.165, 1.54) is 24.3 Å². The van der Waals surface area contributed by atoms with E-state index >= 15 is 0 Å². The predicted molar refractivity (Wildman–Crippen MR) is 146 cm³/mol. The van der Waals surface area contributed by atoms with Crippen LogP contribution >= 0.6 is 0 Å². The Morgan fingerprint density at radius 3 is 1.55 bits per heavy atom. The molecule has 7 N–H and O–H groups in total. The summed E-state index contributed by atoms with van der Waals surface area (Å²) in [5.41, 5.74) is -2.13. The molecule has 1 fully saturated rings. The number of benzene rings is 2. The van der Waals surface area contributed by atoms with E-state index in [0.29, 0.717) is 0 Å². The van der Waals surface area contributed by atoms with E-state index in [4.69, 9.17) is 19.3 Å². The van der Waals surface area contributed by atoms with E-state index in [2.05, 4.69) is 0 Å². The second-order valence-electron chi connectivity index (χ2n) is 9.71. The molecule has 234 valence electrons. The number of phenolic OH excluding ortho intramolecular Hbond substituents is 4. The number of carbonyl (C=O) groups is 5. The molecule has 0 saturated heterocycles. The zero-order chi connectivity index (χ0) is 32.6. The van der Waals surface area contributed by atoms with E-state index in [1.54, 1.807) is 0 Å². The fourth-order valence-electron chi connectivity index (χ4n) is 4.18. The van der Waals surface area contributed by atoms with Gasteiger partial charge in [0, 0.05) is 25.0 Å². The minimum absolute atomic E-state index is 0.250. The fourth-order valence-corrected chi connectivity index (χ4v) is 4.18. The van der Waals surface area contributed by atoms with Gasteiger partial charge in [0.25, 0.3) is 0 Å². The number of phenols is 4. The molecule has 2 atom stereocenters. The Balaban J connectivity index is 1.88. The van der Waals surface area contributed by atoms with Crippen LogP contribution in [-0.2, 0) is 38.2 Å². The van der Waals surface area contributed by atoms with Crippen molar-refractivity contribution in [3.8, 4) is 23.0 Å². The van der Waals surface area contributed by atoms with E-state index in [1.807, 2.05) is 0 Å². The van der Waals surface area contributed by atoms with Gasteiger partial charge in [-0.1, -0.05) is 12.1 Å². The molecule has 3 rings (SSSR count). The summed E-state index contributed by atoms with van der Waals surface area (Å²) in [4.78, 5) is 60.7. The molecule has 0 bridgehead atoms. The summed E-state index contributed by atoms with van der Waals surface area (Å²) in [5.74, 6) is -8.23. The van der Waals surface area contributed by atoms with Gasteiger partial charge in [0.1, 0.15) is 12.2 Å². The number of rotatable bonds is 11. The lowest BCUT2D eigenvalue weighted by molar-refractivity contribution is -0.212. The average Bonchev–Trinajstić information content (AvgIpc) is 2.95. The zero-order valence-corrected chi connectivity index (χ0v) is 22.7. The molecule has 1 saturated carbocycles. The third kappa shape index (κ3) is 8.96. The zero-order valence-electron chi connectivity index (χ0n) is 22.7. The molecule has 0 amide bonds. The molecule has 44 heavy (non-hydrogen) atoms. The summed E-state index contributed by atoms with van der Waals surface area (Å²) in [5, 5.41) is 67.5. The quantitative estimate of drug-likeness (QED) is 0.0816. The number of aliphatic carboxylic acids is 2. The van der Waals surface area contributed by atoms with Gasteiger partial charge >= 0.3 is 29.8 Å². The summed E-state index contributed by atoms with van der Waals surface area (Å²) in [6.45, 7) is 0. The standard InChI is InChI=1S/C29H28O15/c30-17-5-1-15(11-19(17)32)3-8-24(36)42-21-13-29(41,28(39)40)14-22(27(21)44-26(38)10-7-23(34)35)43-25(37)9-4-16-2-6-18(31)20(33)12-16/h1-6,8-9,11-12,21-22,27,30-33,41H,7,10,13-14H2,(H,34,35)(H,39,40)/b8-3+,9-4+/t21-,22-,27?,29?/m1/s1. The Bertz CT molecular complexity index is 1410. The first-order valence-electron chi connectivity index (χ1n) is 12.9. The van der Waals surface area contributed by atoms with Gasteiger partial charge in [0.15, 0.2) is 34.7 Å². The molecule has 0 aliphatic heterocycles. The second-order valence-corrected chi connectivity index (χ2v) is 9.71. The van der Waals surface area contributed by atoms with Gasteiger partial charge in [-0.15, -0.1) is 0 Å². The van der Waals surface area contributed by atoms with Gasteiger partial charge in [-0.25, -0.2) is 14.4 Å². The monoisotopic (exact) mass is 616 g/mol. The van der Waals surface area contributed by atoms with Gasteiger partial charge in [0.2, 0.25) is 0 Å². The molecule has 0 unspecified atom stereocenters. The number of esters is 3. The number of carboxylic acids is 2. The largest absolute Gasteiger partial charge is 0.504 e. The maximum Gasteiger partial charge on any atom is 0.335 e. The van der Waals surface area contributed by atoms with Crippen molar-refractivity contribution in [2.75, 3.05) is 0 Å². The minimum atomic E-state index is -2.63. The first kappa shape index (κ1) is 32.9. The molecule has 0 aromatic heterocycles. The highest BCUT2D eigenvalue weighted by atomic mass is 16.6. The molecule has 1 aliphatic carbocycles. The molecular formula is C29H28O15. The topological polar surface area (TPSA) is 255 Å². The van der Waals surface area contributed by atoms with Crippen LogP contribution in [0, 0.1) is 0 Å². The van der Waals surface area contributed by atoms with Crippen LogP contribution in [0.3, 0.4) is 0 Å². The van der Waals surface area contributed by atoms with E-state index in [0.717, 1.165) is 36.4 Å². The second kappa shape index (κ2) is 14.1. The average molecular weight is 617 g/mol. The highest BCUT2D eigenvalue weighted by Crippen LogP contribution is 2.35. The maximum atomic E-state index is 12.7. The number of carbonyl (C=O) groups excluding carboxylic acids is 3. The molecule has 15 nitrogen and oxygen atoms in total. The normalized spacial score (nSPS) is 21.5. The molecule has 1 aliphatic rings. The third-order valence-corrected chi connectivity index (χ3v) is 6.38. The number of aliphatic hydroxyl groups is 1. The summed E-state index contributed by atoms with van der Waals surface area (Å²) in [7, 11) is 0. The number of ether oxygens (including phenoxy) is 3. The highest BCUT2D eigenvalue weighted by Gasteiger charge is 2.54.